The van der Waals surface area contributed by atoms with Crippen LogP contribution in [0.4, 0.5) is 0 Å². The van der Waals surface area contributed by atoms with Crippen molar-refractivity contribution < 1.29 is 21.7 Å². The summed E-state index contributed by atoms with van der Waals surface area (Å²) in [5.41, 5.74) is 3.86. The van der Waals surface area contributed by atoms with Gasteiger partial charge in [-0.2, -0.15) is 0 Å². The Balaban J connectivity index is 0.00000192. The van der Waals surface area contributed by atoms with Crippen molar-refractivity contribution in [3.8, 4) is 0 Å². The van der Waals surface area contributed by atoms with Crippen LogP contribution in [0.3, 0.4) is 0 Å². The van der Waals surface area contributed by atoms with E-state index in [-0.39, 0.29) is 42.1 Å². The average molecular weight is 390 g/mol. The van der Waals surface area contributed by atoms with Crippen LogP contribution in [-0.2, 0) is 21.7 Å². The fourth-order valence-corrected chi connectivity index (χ4v) is 9.94. The Bertz CT molecular complexity index is 588. The summed E-state index contributed by atoms with van der Waals surface area (Å²) in [7, 11) is -1.62. The molecule has 0 bridgehead atoms. The normalized spacial score (nSPS) is 27.3. The summed E-state index contributed by atoms with van der Waals surface area (Å²) >= 11 is 0. The van der Waals surface area contributed by atoms with Crippen molar-refractivity contribution in [2.75, 3.05) is 0 Å². The number of hydrogen-bond donors (Lipinski definition) is 0. The second-order valence-corrected chi connectivity index (χ2v) is 13.0. The summed E-state index contributed by atoms with van der Waals surface area (Å²) in [6, 6.07) is 8.98. The van der Waals surface area contributed by atoms with Gasteiger partial charge < -0.3 is 19.8 Å². The maximum absolute atomic E-state index is 5.33. The fourth-order valence-electron chi connectivity index (χ4n) is 5.24. The van der Waals surface area contributed by atoms with Gasteiger partial charge in [-0.25, -0.2) is 0 Å². The Hall–Kier alpha value is -0.149. The van der Waals surface area contributed by atoms with E-state index in [2.05, 4.69) is 77.2 Å². The second kappa shape index (κ2) is 8.69. The third-order valence-corrected chi connectivity index (χ3v) is 9.28. The van der Waals surface area contributed by atoms with Crippen molar-refractivity contribution in [3.63, 3.8) is 0 Å². The van der Waals surface area contributed by atoms with Gasteiger partial charge in [0.2, 0.25) is 0 Å². The predicted octanol–water partition coefficient (Wildman–Crippen LogP) is 7.10. The van der Waals surface area contributed by atoms with Crippen molar-refractivity contribution in [1.82, 2.24) is 0 Å². The van der Waals surface area contributed by atoms with Gasteiger partial charge in [-0.3, -0.25) is 0 Å². The molecule has 0 heterocycles. The third kappa shape index (κ3) is 4.97. The largest absolute Gasteiger partial charge is 4.00 e. The second-order valence-electron chi connectivity index (χ2n) is 8.85. The van der Waals surface area contributed by atoms with E-state index in [1.165, 1.54) is 12.0 Å². The Labute approximate surface area is 173 Å². The Morgan fingerprint density at radius 3 is 2.28 bits per heavy atom. The molecule has 0 saturated heterocycles. The molecule has 0 aromatic heterocycles. The van der Waals surface area contributed by atoms with Gasteiger partial charge >= 0.3 is 21.7 Å². The van der Waals surface area contributed by atoms with E-state index in [1.807, 2.05) is 0 Å². The summed E-state index contributed by atoms with van der Waals surface area (Å²) in [6.07, 6.45) is 6.20. The number of rotatable bonds is 2. The van der Waals surface area contributed by atoms with Crippen LogP contribution in [0.25, 0.3) is 11.1 Å². The zero-order valence-electron chi connectivity index (χ0n) is 17.4. The van der Waals surface area contributed by atoms with Crippen molar-refractivity contribution in [2.24, 2.45) is 11.8 Å². The fraction of sp³-hybridized carbons (Fsp3) is 0.545. The molecule has 1 aromatic carbocycles. The summed E-state index contributed by atoms with van der Waals surface area (Å²) in [4.78, 5) is 5.33. The molecule has 136 valence electrons. The van der Waals surface area contributed by atoms with Gasteiger partial charge in [0.25, 0.3) is 0 Å². The molecule has 1 fully saturated rings. The molecule has 0 N–H and O–H groups in total. The Morgan fingerprint density at radius 2 is 1.68 bits per heavy atom. The van der Waals surface area contributed by atoms with Crippen LogP contribution in [0.2, 0.25) is 18.6 Å². The van der Waals surface area contributed by atoms with E-state index in [0.29, 0.717) is 11.8 Å². The van der Waals surface area contributed by atoms with Gasteiger partial charge in [-0.15, -0.1) is 5.54 Å². The van der Waals surface area contributed by atoms with Crippen LogP contribution in [0, 0.1) is 26.7 Å². The van der Waals surface area contributed by atoms with Crippen LogP contribution in [-0.4, -0.2) is 13.8 Å². The molecule has 1 nitrogen and oxygen atoms in total. The van der Waals surface area contributed by atoms with E-state index >= 15 is 0 Å². The average Bonchev–Trinajstić information content (AvgIpc) is 2.73. The van der Waals surface area contributed by atoms with E-state index in [1.54, 1.807) is 5.56 Å². The summed E-state index contributed by atoms with van der Waals surface area (Å²) in [5.74, 6) is 2.18. The third-order valence-electron chi connectivity index (χ3n) is 5.45. The maximum atomic E-state index is 5.33. The molecule has 4 unspecified atom stereocenters. The predicted molar refractivity (Wildman–Crippen MR) is 113 cm³/mol. The molecule has 0 spiro atoms. The summed E-state index contributed by atoms with van der Waals surface area (Å²) in [5, 5.41) is 0. The monoisotopic (exact) mass is 390 g/mol. The summed E-state index contributed by atoms with van der Waals surface area (Å²) < 4.78 is 0. The molecule has 25 heavy (non-hydrogen) atoms. The van der Waals surface area contributed by atoms with Crippen LogP contribution >= 0.6 is 0 Å². The van der Waals surface area contributed by atoms with Gasteiger partial charge in [0.1, 0.15) is 0 Å². The van der Waals surface area contributed by atoms with Crippen LogP contribution < -0.4 is 0 Å². The molecule has 0 aliphatic heterocycles. The molecule has 1 saturated carbocycles. The molecule has 4 atom stereocenters. The first-order valence-corrected chi connectivity index (χ1v) is 11.7. The van der Waals surface area contributed by atoms with Crippen LogP contribution in [0.1, 0.15) is 51.2 Å². The van der Waals surface area contributed by atoms with Crippen LogP contribution in [0.15, 0.2) is 30.3 Å². The van der Waals surface area contributed by atoms with Gasteiger partial charge in [0, 0.05) is 0 Å². The molecule has 2 aliphatic rings. The molecule has 3 heteroatoms. The zero-order valence-corrected chi connectivity index (χ0v) is 20.0. The van der Waals surface area contributed by atoms with Gasteiger partial charge in [0.15, 0.2) is 0 Å². The Kier molecular flexibility index (Phi) is 8.64. The number of fused-ring (bicyclic) bond motifs is 3. The minimum atomic E-state index is -1.62. The SMILES string of the molecule is CC1CC2c3ccccc3C=CC2C1[Si](C)(C)[N-]C(C)(C)C.[CH3-].[CH3-].[Ti+4]. The molecular weight excluding hydrogens is 354 g/mol. The topological polar surface area (TPSA) is 14.1 Å². The maximum Gasteiger partial charge on any atom is 4.00 e. The first kappa shape index (κ1) is 24.9. The first-order chi connectivity index (χ1) is 10.2. The van der Waals surface area contributed by atoms with Gasteiger partial charge in [-0.05, 0) is 35.3 Å². The summed E-state index contributed by atoms with van der Waals surface area (Å²) in [6.45, 7) is 14.2. The molecule has 2 aliphatic carbocycles. The smallest absolute Gasteiger partial charge is 0.660 e. The number of nitrogens with zero attached hydrogens (tertiary/aromatic N) is 1. The number of allylic oxidation sites excluding steroid dienone is 1. The minimum Gasteiger partial charge on any atom is -0.660 e. The zero-order chi connectivity index (χ0) is 16.1. The van der Waals surface area contributed by atoms with Crippen molar-refractivity contribution in [3.05, 3.63) is 61.3 Å². The first-order valence-electron chi connectivity index (χ1n) is 8.70. The van der Waals surface area contributed by atoms with Crippen molar-refractivity contribution >= 4 is 14.3 Å². The van der Waals surface area contributed by atoms with Crippen molar-refractivity contribution in [2.45, 2.75) is 64.2 Å². The number of hydrogen-bond acceptors (Lipinski definition) is 0. The standard InChI is InChI=1S/C20H30NSi.2CH3.Ti/c1-14-13-18-16-10-8-7-9-15(16)11-12-17(18)19(14)22(5,6)21-20(2,3)4;;;/h7-12,14,17-19H,13H2,1-6H3;2*1H3;/q3*-1;+4. The molecular formula is C22H36NSiTi+. The van der Waals surface area contributed by atoms with E-state index in [0.717, 1.165) is 11.5 Å². The molecule has 0 amide bonds. The molecule has 3 rings (SSSR count). The quantitative estimate of drug-likeness (QED) is 0.378. The van der Waals surface area contributed by atoms with E-state index < -0.39 is 8.24 Å². The van der Waals surface area contributed by atoms with Crippen molar-refractivity contribution in [1.29, 1.82) is 0 Å². The molecule has 0 radical (unpaired) electrons. The van der Waals surface area contributed by atoms with E-state index in [4.69, 9.17) is 4.98 Å². The van der Waals surface area contributed by atoms with Gasteiger partial charge in [0.05, 0.1) is 0 Å². The van der Waals surface area contributed by atoms with Gasteiger partial charge in [-0.1, -0.05) is 91.0 Å². The van der Waals surface area contributed by atoms with Crippen LogP contribution in [0.5, 0.6) is 0 Å². The van der Waals surface area contributed by atoms with E-state index in [9.17, 15) is 0 Å². The Morgan fingerprint density at radius 1 is 1.08 bits per heavy atom. The minimum absolute atomic E-state index is 0. The molecule has 1 aromatic rings. The number of benzene rings is 1.